The number of hydrogen-bond acceptors (Lipinski definition) is 3. The van der Waals surface area contributed by atoms with E-state index >= 15 is 0 Å². The molecule has 1 fully saturated rings. The van der Waals surface area contributed by atoms with E-state index in [2.05, 4.69) is 10.00 Å². The number of aliphatic carboxylic acids is 1. The van der Waals surface area contributed by atoms with Crippen LogP contribution in [0.15, 0.2) is 36.7 Å². The van der Waals surface area contributed by atoms with E-state index in [0.717, 1.165) is 24.3 Å². The molecule has 1 unspecified atom stereocenters. The van der Waals surface area contributed by atoms with Crippen LogP contribution in [0.3, 0.4) is 0 Å². The smallest absolute Gasteiger partial charge is 0.310 e. The second-order valence-electron chi connectivity index (χ2n) is 6.10. The summed E-state index contributed by atoms with van der Waals surface area (Å²) in [5.41, 5.74) is 1.39. The minimum absolute atomic E-state index is 0.578. The van der Waals surface area contributed by atoms with E-state index in [0.29, 0.717) is 18.0 Å². The van der Waals surface area contributed by atoms with E-state index in [9.17, 15) is 9.90 Å². The second-order valence-corrected chi connectivity index (χ2v) is 6.53. The Morgan fingerprint density at radius 3 is 2.77 bits per heavy atom. The Balaban J connectivity index is 1.68. The molecule has 6 heteroatoms. The van der Waals surface area contributed by atoms with Crippen LogP contribution in [0.2, 0.25) is 5.02 Å². The molecule has 2 heterocycles. The van der Waals surface area contributed by atoms with E-state index in [1.165, 1.54) is 0 Å². The molecule has 3 rings (SSSR count). The SMILES string of the molecule is CC1(C(=O)O)CCN(Cc2cnn(-c3ccc(Cl)cc3)c2)C1. The van der Waals surface area contributed by atoms with E-state index in [1.807, 2.05) is 43.6 Å². The van der Waals surface area contributed by atoms with Gasteiger partial charge in [0.15, 0.2) is 0 Å². The van der Waals surface area contributed by atoms with Crippen molar-refractivity contribution in [1.82, 2.24) is 14.7 Å². The van der Waals surface area contributed by atoms with Gasteiger partial charge in [-0.15, -0.1) is 0 Å². The first kappa shape index (κ1) is 15.1. The molecule has 0 radical (unpaired) electrons. The van der Waals surface area contributed by atoms with Crippen molar-refractivity contribution in [3.05, 3.63) is 47.2 Å². The topological polar surface area (TPSA) is 58.4 Å². The number of carboxylic acid groups (broad SMARTS) is 1. The zero-order valence-electron chi connectivity index (χ0n) is 12.4. The first-order chi connectivity index (χ1) is 10.5. The zero-order chi connectivity index (χ0) is 15.7. The molecular formula is C16H18ClN3O2. The fourth-order valence-corrected chi connectivity index (χ4v) is 2.93. The van der Waals surface area contributed by atoms with Crippen molar-refractivity contribution < 1.29 is 9.90 Å². The van der Waals surface area contributed by atoms with E-state index < -0.39 is 11.4 Å². The Hall–Kier alpha value is -1.85. The van der Waals surface area contributed by atoms with E-state index in [-0.39, 0.29) is 0 Å². The third-order valence-corrected chi connectivity index (χ3v) is 4.45. The minimum Gasteiger partial charge on any atom is -0.481 e. The number of nitrogens with zero attached hydrogens (tertiary/aromatic N) is 3. The second kappa shape index (κ2) is 5.74. The summed E-state index contributed by atoms with van der Waals surface area (Å²) < 4.78 is 1.80. The quantitative estimate of drug-likeness (QED) is 0.941. The maximum Gasteiger partial charge on any atom is 0.310 e. The first-order valence-corrected chi connectivity index (χ1v) is 7.59. The van der Waals surface area contributed by atoms with Gasteiger partial charge >= 0.3 is 5.97 Å². The molecule has 1 aromatic heterocycles. The lowest BCUT2D eigenvalue weighted by molar-refractivity contribution is -0.147. The molecular weight excluding hydrogens is 302 g/mol. The van der Waals surface area contributed by atoms with Crippen LogP contribution in [0.5, 0.6) is 0 Å². The van der Waals surface area contributed by atoms with Crippen molar-refractivity contribution in [1.29, 1.82) is 0 Å². The van der Waals surface area contributed by atoms with Gasteiger partial charge in [0.1, 0.15) is 0 Å². The van der Waals surface area contributed by atoms with Gasteiger partial charge in [-0.1, -0.05) is 11.6 Å². The third-order valence-electron chi connectivity index (χ3n) is 4.20. The molecule has 116 valence electrons. The molecule has 1 aliphatic rings. The van der Waals surface area contributed by atoms with Gasteiger partial charge in [-0.3, -0.25) is 9.69 Å². The average molecular weight is 320 g/mol. The lowest BCUT2D eigenvalue weighted by Gasteiger charge is -2.19. The monoisotopic (exact) mass is 319 g/mol. The van der Waals surface area contributed by atoms with Crippen LogP contribution < -0.4 is 0 Å². The summed E-state index contributed by atoms with van der Waals surface area (Å²) in [7, 11) is 0. The van der Waals surface area contributed by atoms with Crippen LogP contribution in [0.1, 0.15) is 18.9 Å². The summed E-state index contributed by atoms with van der Waals surface area (Å²) in [5, 5.41) is 14.3. The predicted octanol–water partition coefficient (Wildman–Crippen LogP) is 2.82. The average Bonchev–Trinajstić information content (AvgIpc) is 3.08. The summed E-state index contributed by atoms with van der Waals surface area (Å²) in [4.78, 5) is 13.4. The number of hydrogen-bond donors (Lipinski definition) is 1. The number of aromatic nitrogens is 2. The van der Waals surface area contributed by atoms with Crippen molar-refractivity contribution >= 4 is 17.6 Å². The Labute approximate surface area is 134 Å². The molecule has 1 atom stereocenters. The van der Waals surface area contributed by atoms with Gasteiger partial charge in [-0.25, -0.2) is 4.68 Å². The van der Waals surface area contributed by atoms with Gasteiger partial charge in [0.05, 0.1) is 17.3 Å². The van der Waals surface area contributed by atoms with Gasteiger partial charge in [-0.2, -0.15) is 5.10 Å². The number of carbonyl (C=O) groups is 1. The van der Waals surface area contributed by atoms with Gasteiger partial charge in [-0.05, 0) is 44.2 Å². The summed E-state index contributed by atoms with van der Waals surface area (Å²) in [5.74, 6) is -0.716. The van der Waals surface area contributed by atoms with Gasteiger partial charge in [0.25, 0.3) is 0 Å². The lowest BCUT2D eigenvalue weighted by atomic mass is 9.90. The Kier molecular flexibility index (Phi) is 3.93. The van der Waals surface area contributed by atoms with Crippen LogP contribution >= 0.6 is 11.6 Å². The summed E-state index contributed by atoms with van der Waals surface area (Å²) in [6.45, 7) is 3.91. The van der Waals surface area contributed by atoms with Gasteiger partial charge in [0, 0.05) is 29.9 Å². The van der Waals surface area contributed by atoms with Crippen LogP contribution in [-0.4, -0.2) is 38.8 Å². The molecule has 0 amide bonds. The lowest BCUT2D eigenvalue weighted by Crippen LogP contribution is -2.31. The maximum atomic E-state index is 11.3. The molecule has 1 saturated heterocycles. The fourth-order valence-electron chi connectivity index (χ4n) is 2.80. The zero-order valence-corrected chi connectivity index (χ0v) is 13.1. The van der Waals surface area contributed by atoms with E-state index in [4.69, 9.17) is 11.6 Å². The Morgan fingerprint density at radius 2 is 2.14 bits per heavy atom. The molecule has 22 heavy (non-hydrogen) atoms. The largest absolute Gasteiger partial charge is 0.481 e. The summed E-state index contributed by atoms with van der Waals surface area (Å²) >= 11 is 5.89. The Morgan fingerprint density at radius 1 is 1.41 bits per heavy atom. The predicted molar refractivity (Wildman–Crippen MR) is 84.2 cm³/mol. The highest BCUT2D eigenvalue weighted by Crippen LogP contribution is 2.31. The fraction of sp³-hybridized carbons (Fsp3) is 0.375. The number of likely N-dealkylation sites (tertiary alicyclic amines) is 1. The van der Waals surface area contributed by atoms with Crippen molar-refractivity contribution in [2.75, 3.05) is 13.1 Å². The third kappa shape index (κ3) is 3.00. The molecule has 0 aliphatic carbocycles. The maximum absolute atomic E-state index is 11.3. The normalized spacial score (nSPS) is 22.1. The molecule has 0 saturated carbocycles. The van der Waals surface area contributed by atoms with Crippen LogP contribution in [-0.2, 0) is 11.3 Å². The van der Waals surface area contributed by atoms with E-state index in [1.54, 1.807) is 4.68 Å². The highest BCUT2D eigenvalue weighted by atomic mass is 35.5. The van der Waals surface area contributed by atoms with Crippen LogP contribution in [0, 0.1) is 5.41 Å². The van der Waals surface area contributed by atoms with Crippen molar-refractivity contribution in [2.24, 2.45) is 5.41 Å². The number of halogens is 1. The first-order valence-electron chi connectivity index (χ1n) is 7.21. The molecule has 1 aromatic carbocycles. The van der Waals surface area contributed by atoms with Gasteiger partial charge < -0.3 is 5.11 Å². The number of carboxylic acids is 1. The summed E-state index contributed by atoms with van der Waals surface area (Å²) in [6, 6.07) is 7.49. The van der Waals surface area contributed by atoms with Crippen LogP contribution in [0.25, 0.3) is 5.69 Å². The molecule has 0 bridgehead atoms. The highest BCUT2D eigenvalue weighted by Gasteiger charge is 2.40. The standard InChI is InChI=1S/C16H18ClN3O2/c1-16(15(21)22)6-7-19(11-16)9-12-8-18-20(10-12)14-4-2-13(17)3-5-14/h2-5,8,10H,6-7,9,11H2,1H3,(H,21,22). The minimum atomic E-state index is -0.716. The van der Waals surface area contributed by atoms with Crippen molar-refractivity contribution in [2.45, 2.75) is 19.9 Å². The summed E-state index contributed by atoms with van der Waals surface area (Å²) in [6.07, 6.45) is 4.48. The Bertz CT molecular complexity index is 683. The molecule has 1 aliphatic heterocycles. The molecule has 5 nitrogen and oxygen atoms in total. The number of rotatable bonds is 4. The molecule has 2 aromatic rings. The van der Waals surface area contributed by atoms with Crippen LogP contribution in [0.4, 0.5) is 0 Å². The number of benzene rings is 1. The highest BCUT2D eigenvalue weighted by molar-refractivity contribution is 6.30. The van der Waals surface area contributed by atoms with Gasteiger partial charge in [0.2, 0.25) is 0 Å². The van der Waals surface area contributed by atoms with Crippen molar-refractivity contribution in [3.63, 3.8) is 0 Å². The van der Waals surface area contributed by atoms with Crippen molar-refractivity contribution in [3.8, 4) is 5.69 Å². The molecule has 0 spiro atoms. The molecule has 1 N–H and O–H groups in total.